The summed E-state index contributed by atoms with van der Waals surface area (Å²) >= 11 is 3.51. The van der Waals surface area contributed by atoms with E-state index < -0.39 is 0 Å². The van der Waals surface area contributed by atoms with Gasteiger partial charge in [-0.3, -0.25) is 4.79 Å². The van der Waals surface area contributed by atoms with Crippen molar-refractivity contribution in [3.63, 3.8) is 0 Å². The average Bonchev–Trinajstić information content (AvgIpc) is 2.33. The fourth-order valence-corrected chi connectivity index (χ4v) is 3.85. The summed E-state index contributed by atoms with van der Waals surface area (Å²) in [7, 11) is 0. The number of rotatable bonds is 2. The van der Waals surface area contributed by atoms with E-state index in [0.717, 1.165) is 25.3 Å². The van der Waals surface area contributed by atoms with Gasteiger partial charge in [0, 0.05) is 12.6 Å². The number of carbonyl (C=O) groups is 1. The van der Waals surface area contributed by atoms with Crippen LogP contribution in [-0.2, 0) is 4.79 Å². The van der Waals surface area contributed by atoms with Crippen molar-refractivity contribution in [1.82, 2.24) is 4.90 Å². The molecule has 3 atom stereocenters. The summed E-state index contributed by atoms with van der Waals surface area (Å²) in [6, 6.07) is 0.534. The molecule has 0 aromatic heterocycles. The van der Waals surface area contributed by atoms with Crippen LogP contribution in [0.4, 0.5) is 0 Å². The molecule has 16 heavy (non-hydrogen) atoms. The first-order chi connectivity index (χ1) is 7.74. The van der Waals surface area contributed by atoms with E-state index >= 15 is 0 Å². The minimum Gasteiger partial charge on any atom is -0.338 e. The Morgan fingerprint density at radius 3 is 2.75 bits per heavy atom. The van der Waals surface area contributed by atoms with E-state index in [4.69, 9.17) is 0 Å². The molecule has 0 bridgehead atoms. The Morgan fingerprint density at radius 2 is 2.00 bits per heavy atom. The van der Waals surface area contributed by atoms with Crippen molar-refractivity contribution in [3.8, 4) is 0 Å². The highest BCUT2D eigenvalue weighted by molar-refractivity contribution is 9.10. The van der Waals surface area contributed by atoms with Gasteiger partial charge in [-0.25, -0.2) is 0 Å². The van der Waals surface area contributed by atoms with Crippen molar-refractivity contribution >= 4 is 21.8 Å². The van der Waals surface area contributed by atoms with Crippen LogP contribution >= 0.6 is 15.9 Å². The molecule has 0 radical (unpaired) electrons. The monoisotopic (exact) mass is 287 g/mol. The molecule has 1 saturated carbocycles. The van der Waals surface area contributed by atoms with Crippen LogP contribution in [-0.4, -0.2) is 28.2 Å². The molecule has 1 aliphatic carbocycles. The average molecular weight is 288 g/mol. The van der Waals surface area contributed by atoms with Gasteiger partial charge in [0.15, 0.2) is 0 Å². The highest BCUT2D eigenvalue weighted by atomic mass is 79.9. The van der Waals surface area contributed by atoms with Crippen LogP contribution in [0.2, 0.25) is 0 Å². The maximum atomic E-state index is 12.2. The summed E-state index contributed by atoms with van der Waals surface area (Å²) in [5, 5.41) is 0. The van der Waals surface area contributed by atoms with Crippen LogP contribution in [0.5, 0.6) is 0 Å². The Balaban J connectivity index is 2.06. The number of carbonyl (C=O) groups excluding carboxylic acids is 1. The van der Waals surface area contributed by atoms with Crippen LogP contribution < -0.4 is 0 Å². The molecule has 2 aliphatic rings. The number of amides is 1. The summed E-state index contributed by atoms with van der Waals surface area (Å²) in [4.78, 5) is 14.4. The van der Waals surface area contributed by atoms with Crippen molar-refractivity contribution in [1.29, 1.82) is 0 Å². The van der Waals surface area contributed by atoms with Gasteiger partial charge in [-0.2, -0.15) is 0 Å². The number of likely N-dealkylation sites (tertiary alicyclic amines) is 1. The molecular weight excluding hydrogens is 266 g/mol. The molecule has 0 spiro atoms. The van der Waals surface area contributed by atoms with Gasteiger partial charge in [-0.15, -0.1) is 0 Å². The number of hydrogen-bond donors (Lipinski definition) is 0. The fraction of sp³-hybridized carbons (Fsp3) is 0.923. The summed E-state index contributed by atoms with van der Waals surface area (Å²) in [6.45, 7) is 3.26. The highest BCUT2D eigenvalue weighted by Gasteiger charge is 2.36. The minimum absolute atomic E-state index is 0.0840. The molecular formula is C13H22BrNO. The summed E-state index contributed by atoms with van der Waals surface area (Å²) < 4.78 is 0. The molecule has 1 heterocycles. The van der Waals surface area contributed by atoms with Crippen molar-refractivity contribution in [3.05, 3.63) is 0 Å². The largest absolute Gasteiger partial charge is 0.338 e. The maximum absolute atomic E-state index is 12.2. The van der Waals surface area contributed by atoms with E-state index in [1.54, 1.807) is 0 Å². The van der Waals surface area contributed by atoms with Crippen molar-refractivity contribution < 1.29 is 4.79 Å². The number of halogens is 1. The molecule has 0 N–H and O–H groups in total. The zero-order chi connectivity index (χ0) is 11.5. The zero-order valence-electron chi connectivity index (χ0n) is 10.1. The molecule has 1 amide bonds. The van der Waals surface area contributed by atoms with Crippen LogP contribution in [0.1, 0.15) is 51.9 Å². The van der Waals surface area contributed by atoms with E-state index in [1.165, 1.54) is 32.1 Å². The van der Waals surface area contributed by atoms with Gasteiger partial charge in [0.05, 0.1) is 4.83 Å². The molecule has 2 fully saturated rings. The molecule has 0 aromatic carbocycles. The summed E-state index contributed by atoms with van der Waals surface area (Å²) in [5.74, 6) is 1.09. The third kappa shape index (κ3) is 2.44. The lowest BCUT2D eigenvalue weighted by molar-refractivity contribution is -0.137. The molecule has 2 rings (SSSR count). The molecule has 92 valence electrons. The summed E-state index contributed by atoms with van der Waals surface area (Å²) in [6.07, 6.45) is 8.60. The van der Waals surface area contributed by atoms with Gasteiger partial charge < -0.3 is 4.90 Å². The molecule has 3 heteroatoms. The first kappa shape index (κ1) is 12.4. The topological polar surface area (TPSA) is 20.3 Å². The zero-order valence-corrected chi connectivity index (χ0v) is 11.7. The van der Waals surface area contributed by atoms with E-state index in [9.17, 15) is 4.79 Å². The molecule has 1 saturated heterocycles. The molecule has 2 nitrogen and oxygen atoms in total. The first-order valence-electron chi connectivity index (χ1n) is 6.68. The summed E-state index contributed by atoms with van der Waals surface area (Å²) in [5.41, 5.74) is 0. The standard InChI is InChI=1S/C13H22BrNO/c1-2-10-6-3-4-8-12(10)15-9-5-7-11(14)13(15)16/h10-12H,2-9H2,1H3. The second kappa shape index (κ2) is 5.52. The lowest BCUT2D eigenvalue weighted by Gasteiger charge is -2.42. The van der Waals surface area contributed by atoms with Gasteiger partial charge in [0.1, 0.15) is 0 Å². The van der Waals surface area contributed by atoms with Gasteiger partial charge >= 0.3 is 0 Å². The minimum atomic E-state index is 0.0840. The van der Waals surface area contributed by atoms with Gasteiger partial charge in [0.2, 0.25) is 5.91 Å². The van der Waals surface area contributed by atoms with Crippen molar-refractivity contribution in [2.24, 2.45) is 5.92 Å². The molecule has 1 aliphatic heterocycles. The van der Waals surface area contributed by atoms with Crippen LogP contribution in [0.3, 0.4) is 0 Å². The van der Waals surface area contributed by atoms with Gasteiger partial charge in [-0.05, 0) is 31.6 Å². The van der Waals surface area contributed by atoms with Gasteiger partial charge in [-0.1, -0.05) is 42.1 Å². The van der Waals surface area contributed by atoms with Crippen LogP contribution in [0, 0.1) is 5.92 Å². The SMILES string of the molecule is CCC1CCCCC1N1CCCC(Br)C1=O. The lowest BCUT2D eigenvalue weighted by atomic mass is 9.81. The van der Waals surface area contributed by atoms with Crippen molar-refractivity contribution in [2.75, 3.05) is 6.54 Å². The Bertz CT molecular complexity index is 256. The normalized spacial score (nSPS) is 36.5. The Morgan fingerprint density at radius 1 is 1.25 bits per heavy atom. The second-order valence-electron chi connectivity index (χ2n) is 5.16. The molecule has 0 aromatic rings. The van der Waals surface area contributed by atoms with Crippen molar-refractivity contribution in [2.45, 2.75) is 62.7 Å². The van der Waals surface area contributed by atoms with E-state index in [0.29, 0.717) is 11.9 Å². The first-order valence-corrected chi connectivity index (χ1v) is 7.60. The predicted octanol–water partition coefficient (Wildman–Crippen LogP) is 3.34. The second-order valence-corrected chi connectivity index (χ2v) is 6.27. The Hall–Kier alpha value is -0.0500. The third-order valence-corrected chi connectivity index (χ3v) is 5.05. The molecule has 3 unspecified atom stereocenters. The third-order valence-electron chi connectivity index (χ3n) is 4.20. The quantitative estimate of drug-likeness (QED) is 0.714. The van der Waals surface area contributed by atoms with E-state index in [1.807, 2.05) is 0 Å². The highest BCUT2D eigenvalue weighted by Crippen LogP contribution is 2.33. The van der Waals surface area contributed by atoms with Crippen LogP contribution in [0.25, 0.3) is 0 Å². The Labute approximate surface area is 107 Å². The number of piperidine rings is 1. The van der Waals surface area contributed by atoms with E-state index in [2.05, 4.69) is 27.8 Å². The number of hydrogen-bond acceptors (Lipinski definition) is 1. The fourth-order valence-electron chi connectivity index (χ4n) is 3.26. The smallest absolute Gasteiger partial charge is 0.236 e. The number of alkyl halides is 1. The van der Waals surface area contributed by atoms with Crippen LogP contribution in [0.15, 0.2) is 0 Å². The maximum Gasteiger partial charge on any atom is 0.236 e. The number of nitrogens with zero attached hydrogens (tertiary/aromatic N) is 1. The lowest BCUT2D eigenvalue weighted by Crippen LogP contribution is -2.51. The van der Waals surface area contributed by atoms with Gasteiger partial charge in [0.25, 0.3) is 0 Å². The predicted molar refractivity (Wildman–Crippen MR) is 69.7 cm³/mol. The Kier molecular flexibility index (Phi) is 4.28. The van der Waals surface area contributed by atoms with E-state index in [-0.39, 0.29) is 4.83 Å².